The third kappa shape index (κ3) is 1.35. The van der Waals surface area contributed by atoms with Crippen molar-refractivity contribution in [3.05, 3.63) is 52.2 Å². The molecule has 1 aromatic carbocycles. The van der Waals surface area contributed by atoms with Gasteiger partial charge < -0.3 is 0 Å². The van der Waals surface area contributed by atoms with E-state index in [2.05, 4.69) is 0 Å². The molecule has 0 fully saturated rings. The Morgan fingerprint density at radius 2 is 1.60 bits per heavy atom. The van der Waals surface area contributed by atoms with E-state index in [0.29, 0.717) is 11.6 Å². The minimum Gasteiger partial charge on any atom is -0.268 e. The van der Waals surface area contributed by atoms with E-state index in [-0.39, 0.29) is 11.1 Å². The fourth-order valence-corrected chi connectivity index (χ4v) is 1.41. The van der Waals surface area contributed by atoms with Gasteiger partial charge in [-0.1, -0.05) is 12.1 Å². The Morgan fingerprint density at radius 3 is 2.00 bits per heavy atom. The topological polar surface area (TPSA) is 80.5 Å². The number of benzene rings is 1. The van der Waals surface area contributed by atoms with Crippen LogP contribution in [0.3, 0.4) is 0 Å². The number of fused-ring (bicyclic) bond motifs is 1. The van der Waals surface area contributed by atoms with Gasteiger partial charge >= 0.3 is 6.67 Å². The number of carbonyl (C=O) groups is 2. The molecule has 0 unspecified atom stereocenters. The number of nitrogens with zero attached hydrogens (tertiary/aromatic N) is 2. The maximum Gasteiger partial charge on any atom is 0.383 e. The lowest BCUT2D eigenvalue weighted by molar-refractivity contribution is -0.449. The predicted molar refractivity (Wildman–Crippen MR) is 48.2 cm³/mol. The molecule has 0 atom stereocenters. The average molecular weight is 205 g/mol. The van der Waals surface area contributed by atoms with Gasteiger partial charge in [0, 0.05) is 0 Å². The Labute approximate surface area is 84.3 Å². The Hall–Kier alpha value is -2.24. The van der Waals surface area contributed by atoms with Crippen LogP contribution in [-0.2, 0) is 0 Å². The number of rotatable bonds is 2. The van der Waals surface area contributed by atoms with Crippen molar-refractivity contribution in [2.75, 3.05) is 0 Å². The van der Waals surface area contributed by atoms with Crippen LogP contribution in [0.5, 0.6) is 0 Å². The van der Waals surface area contributed by atoms with Gasteiger partial charge in [-0.25, -0.2) is 4.90 Å². The molecular formula is C9H5N2O4. The van der Waals surface area contributed by atoms with Crippen molar-refractivity contribution in [2.24, 2.45) is 0 Å². The third-order valence-electron chi connectivity index (χ3n) is 2.04. The zero-order chi connectivity index (χ0) is 11.0. The van der Waals surface area contributed by atoms with E-state index < -0.39 is 16.7 Å². The van der Waals surface area contributed by atoms with Gasteiger partial charge in [0.05, 0.1) is 16.1 Å². The molecule has 1 aliphatic rings. The number of amides is 2. The zero-order valence-electron chi connectivity index (χ0n) is 7.41. The summed E-state index contributed by atoms with van der Waals surface area (Å²) in [6.07, 6.45) is 0. The molecule has 6 heteroatoms. The highest BCUT2D eigenvalue weighted by atomic mass is 16.6. The van der Waals surface area contributed by atoms with Crippen molar-refractivity contribution in [1.82, 2.24) is 4.90 Å². The first-order chi connectivity index (χ1) is 7.11. The second-order valence-corrected chi connectivity index (χ2v) is 2.93. The molecular weight excluding hydrogens is 200 g/mol. The SMILES string of the molecule is O=C1c2ccccc2C(=O)N1[CH][N+](=O)[O-]. The van der Waals surface area contributed by atoms with Crippen LogP contribution in [0.25, 0.3) is 0 Å². The van der Waals surface area contributed by atoms with Gasteiger partial charge in [0.25, 0.3) is 11.8 Å². The summed E-state index contributed by atoms with van der Waals surface area (Å²) >= 11 is 0. The Morgan fingerprint density at radius 1 is 1.13 bits per heavy atom. The van der Waals surface area contributed by atoms with E-state index in [1.807, 2.05) is 0 Å². The summed E-state index contributed by atoms with van der Waals surface area (Å²) in [5, 5.41) is 10.2. The van der Waals surface area contributed by atoms with E-state index in [4.69, 9.17) is 0 Å². The van der Waals surface area contributed by atoms with E-state index in [0.717, 1.165) is 0 Å². The van der Waals surface area contributed by atoms with Gasteiger partial charge in [0.1, 0.15) is 0 Å². The molecule has 1 radical (unpaired) electrons. The molecule has 6 nitrogen and oxygen atoms in total. The molecule has 0 aliphatic carbocycles. The molecule has 1 aromatic rings. The van der Waals surface area contributed by atoms with Crippen molar-refractivity contribution < 1.29 is 14.5 Å². The third-order valence-corrected chi connectivity index (χ3v) is 2.04. The largest absolute Gasteiger partial charge is 0.383 e. The van der Waals surface area contributed by atoms with Crippen LogP contribution in [0.2, 0.25) is 0 Å². The second kappa shape index (κ2) is 3.16. The van der Waals surface area contributed by atoms with Crippen molar-refractivity contribution >= 4 is 11.8 Å². The minimum atomic E-state index is -0.832. The first-order valence-corrected chi connectivity index (χ1v) is 4.06. The summed E-state index contributed by atoms with van der Waals surface area (Å²) < 4.78 is 0. The Bertz CT molecular complexity index is 434. The van der Waals surface area contributed by atoms with E-state index >= 15 is 0 Å². The highest BCUT2D eigenvalue weighted by Crippen LogP contribution is 2.22. The molecule has 2 rings (SSSR count). The maximum atomic E-state index is 11.5. The zero-order valence-corrected chi connectivity index (χ0v) is 7.41. The van der Waals surface area contributed by atoms with E-state index in [1.165, 1.54) is 12.1 Å². The lowest BCUT2D eigenvalue weighted by atomic mass is 10.1. The second-order valence-electron chi connectivity index (χ2n) is 2.93. The molecule has 0 bridgehead atoms. The van der Waals surface area contributed by atoms with Crippen molar-refractivity contribution in [3.8, 4) is 0 Å². The molecule has 0 saturated heterocycles. The van der Waals surface area contributed by atoms with E-state index in [9.17, 15) is 19.7 Å². The van der Waals surface area contributed by atoms with Gasteiger partial charge in [0.15, 0.2) is 0 Å². The van der Waals surface area contributed by atoms with Crippen molar-refractivity contribution in [1.29, 1.82) is 0 Å². The molecule has 0 N–H and O–H groups in total. The fourth-order valence-electron chi connectivity index (χ4n) is 1.41. The molecule has 75 valence electrons. The normalized spacial score (nSPS) is 14.3. The summed E-state index contributed by atoms with van der Waals surface area (Å²) in [4.78, 5) is 32.9. The van der Waals surface area contributed by atoms with Crippen LogP contribution in [0.1, 0.15) is 20.7 Å². The number of nitro groups is 1. The lowest BCUT2D eigenvalue weighted by Crippen LogP contribution is -2.30. The fraction of sp³-hybridized carbons (Fsp3) is 0. The summed E-state index contributed by atoms with van der Waals surface area (Å²) in [5.74, 6) is -1.32. The highest BCUT2D eigenvalue weighted by Gasteiger charge is 2.38. The van der Waals surface area contributed by atoms with Crippen LogP contribution >= 0.6 is 0 Å². The Kier molecular flexibility index (Phi) is 1.96. The molecule has 0 aromatic heterocycles. The van der Waals surface area contributed by atoms with Crippen LogP contribution in [-0.4, -0.2) is 21.6 Å². The number of hydrogen-bond donors (Lipinski definition) is 0. The number of hydrogen-bond acceptors (Lipinski definition) is 4. The van der Waals surface area contributed by atoms with Crippen LogP contribution in [0.4, 0.5) is 0 Å². The average Bonchev–Trinajstić information content (AvgIpc) is 2.44. The lowest BCUT2D eigenvalue weighted by Gasteiger charge is -2.04. The standard InChI is InChI=1S/C9H5N2O4/c12-8-6-3-1-2-4-7(6)9(13)10(8)5-11(14)15/h1-5H. The smallest absolute Gasteiger partial charge is 0.268 e. The van der Waals surface area contributed by atoms with Crippen LogP contribution in [0.15, 0.2) is 24.3 Å². The molecule has 2 amide bonds. The minimum absolute atomic E-state index is 0.195. The quantitative estimate of drug-likeness (QED) is 0.404. The van der Waals surface area contributed by atoms with E-state index in [1.54, 1.807) is 12.1 Å². The molecule has 0 saturated carbocycles. The van der Waals surface area contributed by atoms with Crippen LogP contribution in [0, 0.1) is 16.8 Å². The molecule has 1 heterocycles. The molecule has 15 heavy (non-hydrogen) atoms. The first-order valence-electron chi connectivity index (χ1n) is 4.06. The number of carbonyl (C=O) groups excluding carboxylic acids is 2. The predicted octanol–water partition coefficient (Wildman–Crippen LogP) is 0.679. The van der Waals surface area contributed by atoms with Gasteiger partial charge in [0.2, 0.25) is 0 Å². The van der Waals surface area contributed by atoms with Crippen molar-refractivity contribution in [2.45, 2.75) is 0 Å². The number of imide groups is 1. The highest BCUT2D eigenvalue weighted by molar-refractivity contribution is 6.21. The van der Waals surface area contributed by atoms with Gasteiger partial charge in [-0.2, -0.15) is 0 Å². The summed E-state index contributed by atoms with van der Waals surface area (Å²) in [7, 11) is 0. The van der Waals surface area contributed by atoms with Crippen molar-refractivity contribution in [3.63, 3.8) is 0 Å². The summed E-state index contributed by atoms with van der Waals surface area (Å²) in [6, 6.07) is 6.12. The monoisotopic (exact) mass is 205 g/mol. The molecule has 1 aliphatic heterocycles. The van der Waals surface area contributed by atoms with Gasteiger partial charge in [-0.05, 0) is 12.1 Å². The summed E-state index contributed by atoms with van der Waals surface area (Å²) in [5.41, 5.74) is 0.390. The summed E-state index contributed by atoms with van der Waals surface area (Å²) in [6.45, 7) is 0.380. The Balaban J connectivity index is 2.41. The first kappa shape index (κ1) is 9.32. The van der Waals surface area contributed by atoms with Gasteiger partial charge in [-0.3, -0.25) is 19.7 Å². The van der Waals surface area contributed by atoms with Crippen LogP contribution < -0.4 is 0 Å². The van der Waals surface area contributed by atoms with Gasteiger partial charge in [-0.15, -0.1) is 0 Å². The maximum absolute atomic E-state index is 11.5. The molecule has 0 spiro atoms.